The van der Waals surface area contributed by atoms with Crippen LogP contribution in [0.15, 0.2) is 6.20 Å². The van der Waals surface area contributed by atoms with Crippen LogP contribution < -0.4 is 5.32 Å². The maximum Gasteiger partial charge on any atom is 0.0641 e. The third-order valence-electron chi connectivity index (χ3n) is 4.86. The van der Waals surface area contributed by atoms with E-state index in [1.807, 2.05) is 11.7 Å². The van der Waals surface area contributed by atoms with Gasteiger partial charge in [-0.05, 0) is 38.0 Å². The Kier molecular flexibility index (Phi) is 4.58. The zero-order valence-electron chi connectivity index (χ0n) is 14.0. The predicted octanol–water partition coefficient (Wildman–Crippen LogP) is 3.98. The second-order valence-electron chi connectivity index (χ2n) is 7.60. The molecule has 0 bridgehead atoms. The average molecular weight is 277 g/mol. The molecular formula is C17H31N3. The Balaban J connectivity index is 2.09. The van der Waals surface area contributed by atoms with E-state index in [1.165, 1.54) is 31.2 Å². The lowest BCUT2D eigenvalue weighted by Gasteiger charge is -2.42. The summed E-state index contributed by atoms with van der Waals surface area (Å²) in [6.07, 6.45) is 7.58. The molecule has 1 aromatic heterocycles. The Labute approximate surface area is 124 Å². The maximum absolute atomic E-state index is 4.47. The summed E-state index contributed by atoms with van der Waals surface area (Å²) in [6, 6.07) is 1.02. The van der Waals surface area contributed by atoms with Crippen molar-refractivity contribution in [2.75, 3.05) is 0 Å². The molecule has 1 fully saturated rings. The molecule has 0 radical (unpaired) electrons. The number of nitrogens with zero attached hydrogens (tertiary/aromatic N) is 2. The normalized spacial score (nSPS) is 25.7. The van der Waals surface area contributed by atoms with E-state index in [9.17, 15) is 0 Å². The topological polar surface area (TPSA) is 29.9 Å². The van der Waals surface area contributed by atoms with Gasteiger partial charge >= 0.3 is 0 Å². The van der Waals surface area contributed by atoms with Crippen LogP contribution in [0.5, 0.6) is 0 Å². The lowest BCUT2D eigenvalue weighted by Crippen LogP contribution is -2.45. The van der Waals surface area contributed by atoms with Gasteiger partial charge in [0, 0.05) is 30.9 Å². The molecule has 3 atom stereocenters. The summed E-state index contributed by atoms with van der Waals surface area (Å²) in [5, 5.41) is 8.36. The highest BCUT2D eigenvalue weighted by molar-refractivity contribution is 5.19. The third-order valence-corrected chi connectivity index (χ3v) is 4.86. The number of rotatable bonds is 3. The number of nitrogens with one attached hydrogen (secondary N) is 1. The zero-order chi connectivity index (χ0) is 14.9. The minimum atomic E-state index is 0.386. The van der Waals surface area contributed by atoms with Crippen molar-refractivity contribution in [2.24, 2.45) is 18.4 Å². The molecule has 0 spiro atoms. The van der Waals surface area contributed by atoms with Crippen molar-refractivity contribution in [1.82, 2.24) is 15.1 Å². The third kappa shape index (κ3) is 3.43. The first-order valence-corrected chi connectivity index (χ1v) is 8.05. The smallest absolute Gasteiger partial charge is 0.0641 e. The molecule has 3 unspecified atom stereocenters. The molecule has 3 heteroatoms. The van der Waals surface area contributed by atoms with E-state index >= 15 is 0 Å². The van der Waals surface area contributed by atoms with Crippen molar-refractivity contribution < 1.29 is 0 Å². The zero-order valence-corrected chi connectivity index (χ0v) is 14.0. The summed E-state index contributed by atoms with van der Waals surface area (Å²) in [4.78, 5) is 0. The van der Waals surface area contributed by atoms with Gasteiger partial charge in [0.05, 0.1) is 5.69 Å². The Morgan fingerprint density at radius 1 is 1.30 bits per heavy atom. The number of hydrogen-bond acceptors (Lipinski definition) is 2. The van der Waals surface area contributed by atoms with Gasteiger partial charge < -0.3 is 5.32 Å². The van der Waals surface area contributed by atoms with Gasteiger partial charge in [0.2, 0.25) is 0 Å². The van der Waals surface area contributed by atoms with Gasteiger partial charge in [0.25, 0.3) is 0 Å². The molecule has 0 saturated heterocycles. The Bertz CT molecular complexity index is 442. The Morgan fingerprint density at radius 2 is 1.95 bits per heavy atom. The number of aryl methyl sites for hydroxylation is 2. The van der Waals surface area contributed by atoms with Gasteiger partial charge in [-0.15, -0.1) is 0 Å². The second-order valence-corrected chi connectivity index (χ2v) is 7.60. The summed E-state index contributed by atoms with van der Waals surface area (Å²) in [6.45, 7) is 11.5. The van der Waals surface area contributed by atoms with E-state index in [4.69, 9.17) is 0 Å². The molecule has 1 heterocycles. The SMILES string of the molecule is Cc1nn(C)cc1C(C)NC1CCCCC1C(C)(C)C. The molecular weight excluding hydrogens is 246 g/mol. The molecule has 0 amide bonds. The fourth-order valence-corrected chi connectivity index (χ4v) is 3.82. The molecule has 0 aliphatic heterocycles. The second kappa shape index (κ2) is 5.88. The molecule has 3 nitrogen and oxygen atoms in total. The monoisotopic (exact) mass is 277 g/mol. The Hall–Kier alpha value is -0.830. The van der Waals surface area contributed by atoms with Crippen molar-refractivity contribution in [3.8, 4) is 0 Å². The van der Waals surface area contributed by atoms with Crippen LogP contribution in [-0.4, -0.2) is 15.8 Å². The molecule has 1 N–H and O–H groups in total. The van der Waals surface area contributed by atoms with Crippen molar-refractivity contribution in [3.05, 3.63) is 17.5 Å². The summed E-state index contributed by atoms with van der Waals surface area (Å²) >= 11 is 0. The number of aromatic nitrogens is 2. The highest BCUT2D eigenvalue weighted by Crippen LogP contribution is 2.38. The molecule has 1 aliphatic rings. The molecule has 1 aromatic rings. The minimum Gasteiger partial charge on any atom is -0.307 e. The van der Waals surface area contributed by atoms with E-state index in [1.54, 1.807) is 0 Å². The summed E-state index contributed by atoms with van der Waals surface area (Å²) in [5.74, 6) is 0.774. The molecule has 2 rings (SSSR count). The molecule has 1 aliphatic carbocycles. The highest BCUT2D eigenvalue weighted by atomic mass is 15.3. The fourth-order valence-electron chi connectivity index (χ4n) is 3.82. The Morgan fingerprint density at radius 3 is 2.50 bits per heavy atom. The summed E-state index contributed by atoms with van der Waals surface area (Å²) in [5.41, 5.74) is 2.88. The predicted molar refractivity (Wildman–Crippen MR) is 84.7 cm³/mol. The number of hydrogen-bond donors (Lipinski definition) is 1. The van der Waals surface area contributed by atoms with E-state index in [0.29, 0.717) is 17.5 Å². The van der Waals surface area contributed by atoms with Gasteiger partial charge in [-0.3, -0.25) is 4.68 Å². The lowest BCUT2D eigenvalue weighted by molar-refractivity contribution is 0.124. The van der Waals surface area contributed by atoms with Crippen LogP contribution in [-0.2, 0) is 7.05 Å². The summed E-state index contributed by atoms with van der Waals surface area (Å²) in [7, 11) is 2.00. The minimum absolute atomic E-state index is 0.386. The van der Waals surface area contributed by atoms with Crippen molar-refractivity contribution in [1.29, 1.82) is 0 Å². The van der Waals surface area contributed by atoms with E-state index in [0.717, 1.165) is 11.6 Å². The van der Waals surface area contributed by atoms with Crippen LogP contribution in [0.2, 0.25) is 0 Å². The van der Waals surface area contributed by atoms with Crippen LogP contribution in [0.4, 0.5) is 0 Å². The van der Waals surface area contributed by atoms with Gasteiger partial charge in [0.1, 0.15) is 0 Å². The highest BCUT2D eigenvalue weighted by Gasteiger charge is 2.34. The fraction of sp³-hybridized carbons (Fsp3) is 0.824. The van der Waals surface area contributed by atoms with Crippen LogP contribution in [0.25, 0.3) is 0 Å². The van der Waals surface area contributed by atoms with E-state index in [2.05, 4.69) is 51.2 Å². The molecule has 20 heavy (non-hydrogen) atoms. The largest absolute Gasteiger partial charge is 0.307 e. The molecule has 1 saturated carbocycles. The first-order valence-electron chi connectivity index (χ1n) is 8.05. The van der Waals surface area contributed by atoms with Crippen LogP contribution in [0.3, 0.4) is 0 Å². The van der Waals surface area contributed by atoms with Crippen LogP contribution >= 0.6 is 0 Å². The van der Waals surface area contributed by atoms with Crippen LogP contribution in [0.1, 0.15) is 70.7 Å². The average Bonchev–Trinajstić information content (AvgIpc) is 2.68. The maximum atomic E-state index is 4.47. The summed E-state index contributed by atoms with van der Waals surface area (Å²) < 4.78 is 1.92. The quantitative estimate of drug-likeness (QED) is 0.905. The van der Waals surface area contributed by atoms with Crippen molar-refractivity contribution >= 4 is 0 Å². The van der Waals surface area contributed by atoms with Gasteiger partial charge in [-0.25, -0.2) is 0 Å². The van der Waals surface area contributed by atoms with Gasteiger partial charge in [-0.1, -0.05) is 33.6 Å². The van der Waals surface area contributed by atoms with E-state index < -0.39 is 0 Å². The van der Waals surface area contributed by atoms with Gasteiger partial charge in [0.15, 0.2) is 0 Å². The molecule has 0 aromatic carbocycles. The first-order chi connectivity index (χ1) is 9.29. The van der Waals surface area contributed by atoms with Gasteiger partial charge in [-0.2, -0.15) is 5.10 Å². The van der Waals surface area contributed by atoms with E-state index in [-0.39, 0.29) is 0 Å². The lowest BCUT2D eigenvalue weighted by atomic mass is 9.69. The van der Waals surface area contributed by atoms with Crippen molar-refractivity contribution in [3.63, 3.8) is 0 Å². The molecule has 114 valence electrons. The van der Waals surface area contributed by atoms with Crippen molar-refractivity contribution in [2.45, 2.75) is 72.4 Å². The first kappa shape index (κ1) is 15.6. The standard InChI is InChI=1S/C17H31N3/c1-12(14-11-20(6)19-13(14)2)18-16-10-8-7-9-15(16)17(3,4)5/h11-12,15-16,18H,7-10H2,1-6H3. The van der Waals surface area contributed by atoms with Crippen LogP contribution in [0, 0.1) is 18.3 Å².